The van der Waals surface area contributed by atoms with E-state index in [9.17, 15) is 13.2 Å². The minimum atomic E-state index is -2.89. The van der Waals surface area contributed by atoms with Gasteiger partial charge in [-0.2, -0.15) is 0 Å². The quantitative estimate of drug-likeness (QED) is 0.659. The highest BCUT2D eigenvalue weighted by atomic mass is 32.2. The first-order valence-corrected chi connectivity index (χ1v) is 13.9. The van der Waals surface area contributed by atoms with Gasteiger partial charge in [-0.15, -0.1) is 0 Å². The van der Waals surface area contributed by atoms with Gasteiger partial charge < -0.3 is 0 Å². The van der Waals surface area contributed by atoms with Gasteiger partial charge in [0.05, 0.1) is 22.9 Å². The van der Waals surface area contributed by atoms with Crippen molar-refractivity contribution < 1.29 is 8.42 Å². The SMILES string of the molecule is CC1C=CC([C@H](C)N2CCS(=O)(=O)CC2)=CC1C1CC=c2c(n(C)c(=O)n2CC(C)(C)C)=N1. The van der Waals surface area contributed by atoms with Crippen LogP contribution in [0, 0.1) is 17.3 Å². The number of nitrogens with zero attached hydrogens (tertiary/aromatic N) is 4. The fourth-order valence-corrected chi connectivity index (χ4v) is 6.45. The zero-order chi connectivity index (χ0) is 24.1. The second-order valence-electron chi connectivity index (χ2n) is 11.2. The van der Waals surface area contributed by atoms with Crippen LogP contribution in [-0.4, -0.2) is 59.1 Å². The van der Waals surface area contributed by atoms with Crippen LogP contribution in [0.15, 0.2) is 33.6 Å². The third-order valence-electron chi connectivity index (χ3n) is 7.27. The number of sulfone groups is 1. The average Bonchev–Trinajstić information content (AvgIpc) is 2.97. The molecule has 1 aromatic heterocycles. The molecule has 0 radical (unpaired) electrons. The second kappa shape index (κ2) is 8.69. The van der Waals surface area contributed by atoms with Crippen LogP contribution in [0.25, 0.3) is 6.08 Å². The van der Waals surface area contributed by atoms with Crippen LogP contribution in [0.5, 0.6) is 0 Å². The van der Waals surface area contributed by atoms with Crippen LogP contribution in [0.4, 0.5) is 0 Å². The van der Waals surface area contributed by atoms with Crippen LogP contribution >= 0.6 is 0 Å². The summed E-state index contributed by atoms with van der Waals surface area (Å²) in [5, 5.41) is 0.944. The van der Waals surface area contributed by atoms with Crippen molar-refractivity contribution in [1.29, 1.82) is 0 Å². The first kappa shape index (κ1) is 24.2. The summed E-state index contributed by atoms with van der Waals surface area (Å²) in [7, 11) is -1.07. The Balaban J connectivity index is 1.61. The highest BCUT2D eigenvalue weighted by Gasteiger charge is 2.31. The Morgan fingerprint density at radius 1 is 1.21 bits per heavy atom. The highest BCUT2D eigenvalue weighted by molar-refractivity contribution is 7.91. The van der Waals surface area contributed by atoms with Crippen LogP contribution in [0.3, 0.4) is 0 Å². The molecule has 8 heteroatoms. The molecule has 0 amide bonds. The summed E-state index contributed by atoms with van der Waals surface area (Å²) in [6.45, 7) is 12.7. The summed E-state index contributed by atoms with van der Waals surface area (Å²) in [4.78, 5) is 20.3. The van der Waals surface area contributed by atoms with E-state index in [4.69, 9.17) is 4.99 Å². The van der Waals surface area contributed by atoms with Crippen molar-refractivity contribution in [3.8, 4) is 0 Å². The molecule has 1 fully saturated rings. The maximum absolute atomic E-state index is 12.9. The Labute approximate surface area is 197 Å². The summed E-state index contributed by atoms with van der Waals surface area (Å²) in [6, 6.07) is 0.254. The Kier molecular flexibility index (Phi) is 6.37. The molecule has 0 N–H and O–H groups in total. The third kappa shape index (κ3) is 4.97. The standard InChI is InChI=1S/C25H38N4O3S/c1-17-7-8-19(18(2)28-11-13-33(31,32)14-12-28)15-20(17)21-9-10-22-23(26-21)27(6)24(30)29(22)16-25(3,4)5/h7-8,10,15,17-18,20-21H,9,11-14,16H2,1-6H3/t17?,18-,20?,21?/m0/s1. The van der Waals surface area contributed by atoms with Crippen LogP contribution < -0.4 is 16.5 Å². The van der Waals surface area contributed by atoms with Gasteiger partial charge in [0.25, 0.3) is 0 Å². The van der Waals surface area contributed by atoms with E-state index in [1.807, 2.05) is 11.6 Å². The van der Waals surface area contributed by atoms with E-state index in [1.165, 1.54) is 5.57 Å². The molecule has 3 aliphatic rings. The van der Waals surface area contributed by atoms with Gasteiger partial charge >= 0.3 is 5.69 Å². The van der Waals surface area contributed by atoms with E-state index in [0.29, 0.717) is 25.6 Å². The number of aromatic nitrogens is 2. The van der Waals surface area contributed by atoms with Gasteiger partial charge in [-0.3, -0.25) is 19.0 Å². The summed E-state index contributed by atoms with van der Waals surface area (Å²) in [5.74, 6) is 1.07. The first-order valence-electron chi connectivity index (χ1n) is 12.0. The van der Waals surface area contributed by atoms with Crippen molar-refractivity contribution in [2.75, 3.05) is 24.6 Å². The highest BCUT2D eigenvalue weighted by Crippen LogP contribution is 2.32. The van der Waals surface area contributed by atoms with Gasteiger partial charge in [-0.05, 0) is 30.3 Å². The molecule has 2 aliphatic heterocycles. The van der Waals surface area contributed by atoms with Gasteiger partial charge in [-0.1, -0.05) is 52.0 Å². The fourth-order valence-electron chi connectivity index (χ4n) is 5.22. The summed E-state index contributed by atoms with van der Waals surface area (Å²) in [6.07, 6.45) is 9.80. The zero-order valence-electron chi connectivity index (χ0n) is 20.8. The number of fused-ring (bicyclic) bond motifs is 1. The lowest BCUT2D eigenvalue weighted by Gasteiger charge is -2.36. The van der Waals surface area contributed by atoms with Crippen LogP contribution in [-0.2, 0) is 23.4 Å². The molecule has 1 aliphatic carbocycles. The monoisotopic (exact) mass is 474 g/mol. The van der Waals surface area contributed by atoms with Gasteiger partial charge in [0.15, 0.2) is 15.3 Å². The van der Waals surface area contributed by atoms with E-state index in [-0.39, 0.29) is 40.6 Å². The molecular formula is C25H38N4O3S. The van der Waals surface area contributed by atoms with Crippen molar-refractivity contribution in [3.63, 3.8) is 0 Å². The Morgan fingerprint density at radius 3 is 2.52 bits per heavy atom. The molecule has 33 heavy (non-hydrogen) atoms. The largest absolute Gasteiger partial charge is 0.330 e. The zero-order valence-corrected chi connectivity index (χ0v) is 21.6. The molecule has 182 valence electrons. The summed E-state index contributed by atoms with van der Waals surface area (Å²) in [5.41, 5.74) is 2.02. The number of hydrogen-bond acceptors (Lipinski definition) is 5. The Hall–Kier alpha value is -1.93. The number of allylic oxidation sites excluding steroid dienone is 1. The number of imidazole rings is 1. The molecule has 0 saturated carbocycles. The van der Waals surface area contributed by atoms with E-state index in [2.05, 4.69) is 63.8 Å². The van der Waals surface area contributed by atoms with Gasteiger partial charge in [0.1, 0.15) is 0 Å². The van der Waals surface area contributed by atoms with E-state index >= 15 is 0 Å². The molecule has 0 spiro atoms. The van der Waals surface area contributed by atoms with Crippen molar-refractivity contribution >= 4 is 15.9 Å². The van der Waals surface area contributed by atoms with Crippen LogP contribution in [0.2, 0.25) is 0 Å². The van der Waals surface area contributed by atoms with E-state index < -0.39 is 9.84 Å². The van der Waals surface area contributed by atoms with Crippen molar-refractivity contribution in [3.05, 3.63) is 45.1 Å². The molecular weight excluding hydrogens is 436 g/mol. The summed E-state index contributed by atoms with van der Waals surface area (Å²) >= 11 is 0. The predicted molar refractivity (Wildman–Crippen MR) is 132 cm³/mol. The van der Waals surface area contributed by atoms with E-state index in [0.717, 1.165) is 17.3 Å². The van der Waals surface area contributed by atoms with Crippen molar-refractivity contribution in [2.24, 2.45) is 29.3 Å². The fraction of sp³-hybridized carbons (Fsp3) is 0.680. The molecule has 4 rings (SSSR count). The maximum atomic E-state index is 12.9. The smallest absolute Gasteiger partial charge is 0.295 e. The summed E-state index contributed by atoms with van der Waals surface area (Å²) < 4.78 is 27.2. The van der Waals surface area contributed by atoms with Crippen LogP contribution in [0.1, 0.15) is 41.0 Å². The lowest BCUT2D eigenvalue weighted by atomic mass is 9.79. The lowest BCUT2D eigenvalue weighted by molar-refractivity contribution is 0.252. The molecule has 1 saturated heterocycles. The second-order valence-corrected chi connectivity index (χ2v) is 13.5. The van der Waals surface area contributed by atoms with Crippen molar-refractivity contribution in [2.45, 2.75) is 59.7 Å². The molecule has 0 aromatic carbocycles. The minimum absolute atomic E-state index is 0.00272. The Bertz CT molecular complexity index is 1250. The average molecular weight is 475 g/mol. The molecule has 7 nitrogen and oxygen atoms in total. The maximum Gasteiger partial charge on any atom is 0.330 e. The lowest BCUT2D eigenvalue weighted by Crippen LogP contribution is -2.46. The van der Waals surface area contributed by atoms with Gasteiger partial charge in [-0.25, -0.2) is 13.2 Å². The predicted octanol–water partition coefficient (Wildman–Crippen LogP) is 1.27. The molecule has 0 bridgehead atoms. The topological polar surface area (TPSA) is 76.7 Å². The minimum Gasteiger partial charge on any atom is -0.295 e. The van der Waals surface area contributed by atoms with Gasteiger partial charge in [0.2, 0.25) is 0 Å². The molecule has 3 unspecified atom stereocenters. The molecule has 3 heterocycles. The van der Waals surface area contributed by atoms with Crippen molar-refractivity contribution in [1.82, 2.24) is 14.0 Å². The number of rotatable bonds is 4. The molecule has 1 aromatic rings. The van der Waals surface area contributed by atoms with E-state index in [1.54, 1.807) is 4.57 Å². The van der Waals surface area contributed by atoms with Gasteiger partial charge in [0, 0.05) is 38.6 Å². The molecule has 4 atom stereocenters. The number of hydrogen-bond donors (Lipinski definition) is 0. The third-order valence-corrected chi connectivity index (χ3v) is 8.88. The Morgan fingerprint density at radius 2 is 1.88 bits per heavy atom. The normalized spacial score (nSPS) is 28.4. The first-order chi connectivity index (χ1) is 15.4.